The Labute approximate surface area is 134 Å². The standard InChI is InChI=1S/C18H18O5/c1-9-8-12(22-4)15-16(18(9)23-5)13-10(20-2)6-7-11(21-3)14(13)17(15)19/h6-8H,1-5H3. The van der Waals surface area contributed by atoms with E-state index < -0.39 is 0 Å². The smallest absolute Gasteiger partial charge is 0.202 e. The Bertz CT molecular complexity index is 808. The molecule has 0 fully saturated rings. The Balaban J connectivity index is 2.49. The van der Waals surface area contributed by atoms with Crippen molar-refractivity contribution in [2.75, 3.05) is 28.4 Å². The maximum absolute atomic E-state index is 13.0. The van der Waals surface area contributed by atoms with Gasteiger partial charge < -0.3 is 18.9 Å². The van der Waals surface area contributed by atoms with E-state index in [9.17, 15) is 4.79 Å². The molecule has 5 heteroatoms. The number of ketones is 1. The van der Waals surface area contributed by atoms with Gasteiger partial charge in [0.25, 0.3) is 0 Å². The van der Waals surface area contributed by atoms with Crippen LogP contribution < -0.4 is 18.9 Å². The van der Waals surface area contributed by atoms with E-state index in [1.54, 1.807) is 39.5 Å². The predicted molar refractivity (Wildman–Crippen MR) is 86.3 cm³/mol. The Morgan fingerprint density at radius 3 is 1.74 bits per heavy atom. The fraction of sp³-hybridized carbons (Fsp3) is 0.278. The van der Waals surface area contributed by atoms with Gasteiger partial charge in [-0.05, 0) is 30.7 Å². The van der Waals surface area contributed by atoms with Crippen LogP contribution in [0.3, 0.4) is 0 Å². The van der Waals surface area contributed by atoms with Crippen LogP contribution in [-0.4, -0.2) is 34.2 Å². The molecule has 23 heavy (non-hydrogen) atoms. The minimum Gasteiger partial charge on any atom is -0.496 e. The van der Waals surface area contributed by atoms with Gasteiger partial charge >= 0.3 is 0 Å². The third-order valence-electron chi connectivity index (χ3n) is 4.13. The van der Waals surface area contributed by atoms with Crippen LogP contribution in [-0.2, 0) is 0 Å². The molecule has 0 atom stereocenters. The Kier molecular flexibility index (Phi) is 3.64. The van der Waals surface area contributed by atoms with Crippen LogP contribution in [0.2, 0.25) is 0 Å². The summed E-state index contributed by atoms with van der Waals surface area (Å²) in [7, 11) is 6.25. The molecule has 0 amide bonds. The normalized spacial score (nSPS) is 11.8. The van der Waals surface area contributed by atoms with Gasteiger partial charge in [0.1, 0.15) is 23.0 Å². The SMILES string of the molecule is COc1ccc(OC)c2c1C(=O)c1c(OC)cc(C)c(OC)c1-2. The second-order valence-electron chi connectivity index (χ2n) is 5.23. The number of ether oxygens (including phenoxy) is 4. The monoisotopic (exact) mass is 314 g/mol. The lowest BCUT2D eigenvalue weighted by atomic mass is 9.99. The number of hydrogen-bond acceptors (Lipinski definition) is 5. The van der Waals surface area contributed by atoms with E-state index in [1.807, 2.05) is 6.92 Å². The van der Waals surface area contributed by atoms with Crippen molar-refractivity contribution in [1.82, 2.24) is 0 Å². The zero-order chi connectivity index (χ0) is 16.7. The Hall–Kier alpha value is -2.69. The molecular formula is C18H18O5. The fourth-order valence-electron chi connectivity index (χ4n) is 3.16. The predicted octanol–water partition coefficient (Wildman–Crippen LogP) is 3.24. The lowest BCUT2D eigenvalue weighted by molar-refractivity contribution is 0.103. The first-order valence-corrected chi connectivity index (χ1v) is 7.14. The maximum Gasteiger partial charge on any atom is 0.202 e. The molecule has 0 aliphatic heterocycles. The number of hydrogen-bond donors (Lipinski definition) is 0. The summed E-state index contributed by atoms with van der Waals surface area (Å²) in [5.74, 6) is 2.10. The first-order valence-electron chi connectivity index (χ1n) is 7.14. The van der Waals surface area contributed by atoms with Gasteiger partial charge in [-0.2, -0.15) is 0 Å². The summed E-state index contributed by atoms with van der Waals surface area (Å²) in [5, 5.41) is 0. The van der Waals surface area contributed by atoms with Crippen molar-refractivity contribution < 1.29 is 23.7 Å². The van der Waals surface area contributed by atoms with Gasteiger partial charge in [0.2, 0.25) is 5.78 Å². The van der Waals surface area contributed by atoms with E-state index in [0.717, 1.165) is 5.56 Å². The van der Waals surface area contributed by atoms with Gasteiger partial charge in [0.05, 0.1) is 39.6 Å². The number of rotatable bonds is 4. The number of carbonyl (C=O) groups excluding carboxylic acids is 1. The minimum absolute atomic E-state index is 0.152. The molecule has 0 heterocycles. The molecule has 0 aromatic heterocycles. The highest BCUT2D eigenvalue weighted by Gasteiger charge is 2.38. The van der Waals surface area contributed by atoms with Crippen molar-refractivity contribution in [3.05, 3.63) is 34.9 Å². The van der Waals surface area contributed by atoms with E-state index >= 15 is 0 Å². The van der Waals surface area contributed by atoms with E-state index in [1.165, 1.54) is 7.11 Å². The van der Waals surface area contributed by atoms with Crippen molar-refractivity contribution in [2.45, 2.75) is 6.92 Å². The van der Waals surface area contributed by atoms with Crippen molar-refractivity contribution in [3.8, 4) is 34.1 Å². The van der Waals surface area contributed by atoms with Gasteiger partial charge in [-0.15, -0.1) is 0 Å². The summed E-state index contributed by atoms with van der Waals surface area (Å²) in [6.07, 6.45) is 0. The molecule has 0 saturated carbocycles. The summed E-state index contributed by atoms with van der Waals surface area (Å²) in [6, 6.07) is 5.32. The number of methoxy groups -OCH3 is 4. The van der Waals surface area contributed by atoms with Crippen LogP contribution in [0, 0.1) is 6.92 Å². The molecule has 5 nitrogen and oxygen atoms in total. The summed E-state index contributed by atoms with van der Waals surface area (Å²) in [6.45, 7) is 1.91. The molecule has 2 aromatic carbocycles. The summed E-state index contributed by atoms with van der Waals surface area (Å²) >= 11 is 0. The topological polar surface area (TPSA) is 54.0 Å². The van der Waals surface area contributed by atoms with Gasteiger partial charge in [-0.25, -0.2) is 0 Å². The first-order chi connectivity index (χ1) is 11.1. The second kappa shape index (κ2) is 5.50. The van der Waals surface area contributed by atoms with Gasteiger partial charge in [-0.1, -0.05) is 0 Å². The molecular weight excluding hydrogens is 296 g/mol. The summed E-state index contributed by atoms with van der Waals surface area (Å²) < 4.78 is 21.8. The highest BCUT2D eigenvalue weighted by molar-refractivity contribution is 6.26. The Morgan fingerprint density at radius 1 is 0.696 bits per heavy atom. The second-order valence-corrected chi connectivity index (χ2v) is 5.23. The number of aryl methyl sites for hydroxylation is 1. The molecule has 0 saturated heterocycles. The Morgan fingerprint density at radius 2 is 1.22 bits per heavy atom. The molecule has 0 unspecified atom stereocenters. The fourth-order valence-corrected chi connectivity index (χ4v) is 3.16. The van der Waals surface area contributed by atoms with Gasteiger partial charge in [0.15, 0.2) is 0 Å². The summed E-state index contributed by atoms with van der Waals surface area (Å²) in [5.41, 5.74) is 3.22. The largest absolute Gasteiger partial charge is 0.496 e. The zero-order valence-corrected chi connectivity index (χ0v) is 13.8. The highest BCUT2D eigenvalue weighted by Crippen LogP contribution is 2.53. The average molecular weight is 314 g/mol. The highest BCUT2D eigenvalue weighted by atomic mass is 16.5. The van der Waals surface area contributed by atoms with Gasteiger partial charge in [-0.3, -0.25) is 4.79 Å². The molecule has 3 rings (SSSR count). The maximum atomic E-state index is 13.0. The quantitative estimate of drug-likeness (QED) is 0.740. The minimum atomic E-state index is -0.152. The molecule has 0 radical (unpaired) electrons. The van der Waals surface area contributed by atoms with Crippen molar-refractivity contribution in [3.63, 3.8) is 0 Å². The number of carbonyl (C=O) groups is 1. The molecule has 0 spiro atoms. The van der Waals surface area contributed by atoms with Crippen LogP contribution >= 0.6 is 0 Å². The molecule has 0 N–H and O–H groups in total. The van der Waals surface area contributed by atoms with Crippen LogP contribution in [0.4, 0.5) is 0 Å². The van der Waals surface area contributed by atoms with Crippen LogP contribution in [0.15, 0.2) is 18.2 Å². The molecule has 0 bridgehead atoms. The van der Waals surface area contributed by atoms with Crippen LogP contribution in [0.5, 0.6) is 23.0 Å². The van der Waals surface area contributed by atoms with Crippen molar-refractivity contribution in [1.29, 1.82) is 0 Å². The number of fused-ring (bicyclic) bond motifs is 3. The molecule has 1 aliphatic rings. The third-order valence-corrected chi connectivity index (χ3v) is 4.13. The summed E-state index contributed by atoms with van der Waals surface area (Å²) in [4.78, 5) is 13.0. The lowest BCUT2D eigenvalue weighted by Gasteiger charge is -2.15. The first kappa shape index (κ1) is 15.2. The van der Waals surface area contributed by atoms with Crippen LogP contribution in [0.1, 0.15) is 21.5 Å². The van der Waals surface area contributed by atoms with E-state index in [4.69, 9.17) is 18.9 Å². The third kappa shape index (κ3) is 1.96. The average Bonchev–Trinajstić information content (AvgIpc) is 2.87. The van der Waals surface area contributed by atoms with E-state index in [0.29, 0.717) is 45.3 Å². The van der Waals surface area contributed by atoms with Crippen molar-refractivity contribution >= 4 is 5.78 Å². The lowest BCUT2D eigenvalue weighted by Crippen LogP contribution is -2.02. The van der Waals surface area contributed by atoms with Crippen LogP contribution in [0.25, 0.3) is 11.1 Å². The number of benzene rings is 2. The zero-order valence-electron chi connectivity index (χ0n) is 13.8. The van der Waals surface area contributed by atoms with Crippen molar-refractivity contribution in [2.24, 2.45) is 0 Å². The van der Waals surface area contributed by atoms with Gasteiger partial charge in [0, 0.05) is 11.1 Å². The molecule has 2 aromatic rings. The molecule has 120 valence electrons. The van der Waals surface area contributed by atoms with E-state index in [-0.39, 0.29) is 5.78 Å². The molecule has 1 aliphatic carbocycles. The van der Waals surface area contributed by atoms with E-state index in [2.05, 4.69) is 0 Å².